The van der Waals surface area contributed by atoms with Gasteiger partial charge in [-0.05, 0) is 29.8 Å². The van der Waals surface area contributed by atoms with Gasteiger partial charge in [0.1, 0.15) is 5.82 Å². The first-order chi connectivity index (χ1) is 11.1. The number of Topliss-reactive ketones (excluding diaryl/α,β-unsaturated/α-hetero) is 2. The number of amides is 1. The summed E-state index contributed by atoms with van der Waals surface area (Å²) in [6.45, 7) is 0. The predicted octanol–water partition coefficient (Wildman–Crippen LogP) is 2.45. The maximum Gasteiger partial charge on any atom is 0.239 e. The zero-order valence-electron chi connectivity index (χ0n) is 12.2. The molecule has 0 aliphatic carbocycles. The van der Waals surface area contributed by atoms with E-state index in [0.29, 0.717) is 0 Å². The summed E-state index contributed by atoms with van der Waals surface area (Å²) in [7, 11) is 0. The summed E-state index contributed by atoms with van der Waals surface area (Å²) < 4.78 is 12.9. The quantitative estimate of drug-likeness (QED) is 0.699. The van der Waals surface area contributed by atoms with Crippen LogP contribution in [0.15, 0.2) is 54.6 Å². The molecule has 2 unspecified atom stereocenters. The fraction of sp³-hybridized carbons (Fsp3) is 0.167. The molecular weight excluding hydrogens is 297 g/mol. The molecule has 3 rings (SSSR count). The molecule has 1 saturated heterocycles. The molecule has 0 spiro atoms. The van der Waals surface area contributed by atoms with Crippen LogP contribution in [0.5, 0.6) is 0 Å². The molecule has 2 atom stereocenters. The maximum atomic E-state index is 12.9. The van der Waals surface area contributed by atoms with Gasteiger partial charge in [0.2, 0.25) is 5.91 Å². The van der Waals surface area contributed by atoms with Gasteiger partial charge in [-0.25, -0.2) is 4.39 Å². The van der Waals surface area contributed by atoms with Gasteiger partial charge in [0.15, 0.2) is 17.5 Å². The summed E-state index contributed by atoms with van der Waals surface area (Å²) in [5.74, 6) is -3.47. The SMILES string of the molecule is O=C1CC(c2ccccc2)NC(=O)C1C(=O)c1ccc(F)cc1. The molecule has 1 aliphatic heterocycles. The number of nitrogens with one attached hydrogen (secondary N) is 1. The fourth-order valence-electron chi connectivity index (χ4n) is 2.70. The van der Waals surface area contributed by atoms with Crippen molar-refractivity contribution in [2.45, 2.75) is 12.5 Å². The zero-order chi connectivity index (χ0) is 16.4. The molecule has 1 fully saturated rings. The molecular formula is C18H14FNO3. The van der Waals surface area contributed by atoms with Gasteiger partial charge in [-0.15, -0.1) is 0 Å². The molecule has 1 heterocycles. The van der Waals surface area contributed by atoms with Gasteiger partial charge in [-0.2, -0.15) is 0 Å². The Bertz CT molecular complexity index is 738. The third kappa shape index (κ3) is 3.04. The normalized spacial score (nSPS) is 20.9. The van der Waals surface area contributed by atoms with E-state index in [-0.39, 0.29) is 12.0 Å². The molecule has 0 radical (unpaired) electrons. The highest BCUT2D eigenvalue weighted by Crippen LogP contribution is 2.26. The molecule has 1 aliphatic rings. The second-order valence-electron chi connectivity index (χ2n) is 5.45. The monoisotopic (exact) mass is 311 g/mol. The number of rotatable bonds is 3. The van der Waals surface area contributed by atoms with E-state index < -0.39 is 35.3 Å². The number of benzene rings is 2. The summed E-state index contributed by atoms with van der Waals surface area (Å²) in [6.07, 6.45) is 0.0629. The largest absolute Gasteiger partial charge is 0.348 e. The Morgan fingerprint density at radius 2 is 1.65 bits per heavy atom. The van der Waals surface area contributed by atoms with Crippen molar-refractivity contribution in [1.29, 1.82) is 0 Å². The molecule has 2 aromatic rings. The van der Waals surface area contributed by atoms with Crippen molar-refractivity contribution in [2.75, 3.05) is 0 Å². The van der Waals surface area contributed by atoms with E-state index in [9.17, 15) is 18.8 Å². The summed E-state index contributed by atoms with van der Waals surface area (Å²) in [4.78, 5) is 36.9. The number of carbonyl (C=O) groups excluding carboxylic acids is 3. The van der Waals surface area contributed by atoms with Gasteiger partial charge in [-0.3, -0.25) is 14.4 Å². The Kier molecular flexibility index (Phi) is 4.02. The average molecular weight is 311 g/mol. The van der Waals surface area contributed by atoms with E-state index in [1.807, 2.05) is 30.3 Å². The number of piperidine rings is 1. The summed E-state index contributed by atoms with van der Waals surface area (Å²) >= 11 is 0. The van der Waals surface area contributed by atoms with Crippen LogP contribution < -0.4 is 5.32 Å². The van der Waals surface area contributed by atoms with Gasteiger partial charge in [0, 0.05) is 12.0 Å². The smallest absolute Gasteiger partial charge is 0.239 e. The molecule has 5 heteroatoms. The zero-order valence-corrected chi connectivity index (χ0v) is 12.2. The highest BCUT2D eigenvalue weighted by Gasteiger charge is 2.40. The van der Waals surface area contributed by atoms with Crippen LogP contribution in [0.4, 0.5) is 4.39 Å². The first-order valence-corrected chi connectivity index (χ1v) is 7.24. The minimum atomic E-state index is -1.36. The van der Waals surface area contributed by atoms with E-state index in [1.54, 1.807) is 0 Å². The number of halogens is 1. The van der Waals surface area contributed by atoms with Crippen molar-refractivity contribution in [3.8, 4) is 0 Å². The van der Waals surface area contributed by atoms with Crippen LogP contribution in [0.2, 0.25) is 0 Å². The van der Waals surface area contributed by atoms with Crippen LogP contribution in [-0.4, -0.2) is 17.5 Å². The van der Waals surface area contributed by atoms with Gasteiger partial charge >= 0.3 is 0 Å². The van der Waals surface area contributed by atoms with Crippen LogP contribution in [0, 0.1) is 11.7 Å². The molecule has 0 bridgehead atoms. The Morgan fingerprint density at radius 3 is 2.26 bits per heavy atom. The van der Waals surface area contributed by atoms with Crippen LogP contribution in [0.3, 0.4) is 0 Å². The Labute approximate surface area is 132 Å². The summed E-state index contributed by atoms with van der Waals surface area (Å²) in [5, 5.41) is 2.72. The standard InChI is InChI=1S/C18H14FNO3/c19-13-8-6-12(7-9-13)17(22)16-15(21)10-14(20-18(16)23)11-4-2-1-3-5-11/h1-9,14,16H,10H2,(H,20,23). The Balaban J connectivity index is 1.80. The minimum Gasteiger partial charge on any atom is -0.348 e. The molecule has 0 aromatic heterocycles. The van der Waals surface area contributed by atoms with Crippen LogP contribution in [0.25, 0.3) is 0 Å². The summed E-state index contributed by atoms with van der Waals surface area (Å²) in [6, 6.07) is 13.5. The van der Waals surface area contributed by atoms with Crippen molar-refractivity contribution >= 4 is 17.5 Å². The molecule has 1 amide bonds. The lowest BCUT2D eigenvalue weighted by Gasteiger charge is -2.27. The van der Waals surface area contributed by atoms with Crippen LogP contribution in [0.1, 0.15) is 28.4 Å². The first-order valence-electron chi connectivity index (χ1n) is 7.24. The van der Waals surface area contributed by atoms with Crippen LogP contribution >= 0.6 is 0 Å². The molecule has 1 N–H and O–H groups in total. The number of carbonyl (C=O) groups is 3. The van der Waals surface area contributed by atoms with Crippen molar-refractivity contribution in [2.24, 2.45) is 5.92 Å². The predicted molar refractivity (Wildman–Crippen MR) is 81.2 cm³/mol. The van der Waals surface area contributed by atoms with Crippen molar-refractivity contribution < 1.29 is 18.8 Å². The number of hydrogen-bond acceptors (Lipinski definition) is 3. The fourth-order valence-corrected chi connectivity index (χ4v) is 2.70. The summed E-state index contributed by atoms with van der Waals surface area (Å²) in [5.41, 5.74) is 0.972. The average Bonchev–Trinajstić information content (AvgIpc) is 2.55. The van der Waals surface area contributed by atoms with Crippen molar-refractivity contribution in [3.05, 3.63) is 71.5 Å². The highest BCUT2D eigenvalue weighted by atomic mass is 19.1. The Morgan fingerprint density at radius 1 is 1.00 bits per heavy atom. The topological polar surface area (TPSA) is 63.2 Å². The third-order valence-electron chi connectivity index (χ3n) is 3.90. The van der Waals surface area contributed by atoms with E-state index in [0.717, 1.165) is 17.7 Å². The van der Waals surface area contributed by atoms with Gasteiger partial charge in [-0.1, -0.05) is 30.3 Å². The minimum absolute atomic E-state index is 0.0629. The van der Waals surface area contributed by atoms with E-state index in [4.69, 9.17) is 0 Å². The molecule has 0 saturated carbocycles. The lowest BCUT2D eigenvalue weighted by Crippen LogP contribution is -2.47. The molecule has 23 heavy (non-hydrogen) atoms. The second kappa shape index (κ2) is 6.12. The van der Waals surface area contributed by atoms with E-state index >= 15 is 0 Å². The molecule has 116 valence electrons. The lowest BCUT2D eigenvalue weighted by atomic mass is 9.84. The van der Waals surface area contributed by atoms with E-state index in [2.05, 4.69) is 5.32 Å². The van der Waals surface area contributed by atoms with Crippen molar-refractivity contribution in [3.63, 3.8) is 0 Å². The lowest BCUT2D eigenvalue weighted by molar-refractivity contribution is -0.136. The first kappa shape index (κ1) is 15.1. The maximum absolute atomic E-state index is 12.9. The number of ketones is 2. The second-order valence-corrected chi connectivity index (χ2v) is 5.45. The van der Waals surface area contributed by atoms with Gasteiger partial charge < -0.3 is 5.32 Å². The third-order valence-corrected chi connectivity index (χ3v) is 3.90. The molecule has 4 nitrogen and oxygen atoms in total. The van der Waals surface area contributed by atoms with Gasteiger partial charge in [0.25, 0.3) is 0 Å². The Hall–Kier alpha value is -2.82. The van der Waals surface area contributed by atoms with Gasteiger partial charge in [0.05, 0.1) is 6.04 Å². The van der Waals surface area contributed by atoms with Crippen LogP contribution in [-0.2, 0) is 9.59 Å². The highest BCUT2D eigenvalue weighted by molar-refractivity contribution is 6.24. The van der Waals surface area contributed by atoms with E-state index in [1.165, 1.54) is 12.1 Å². The van der Waals surface area contributed by atoms with Crippen molar-refractivity contribution in [1.82, 2.24) is 5.32 Å². The number of hydrogen-bond donors (Lipinski definition) is 1. The molecule has 2 aromatic carbocycles.